The molecular formula is C12H12N2O. The van der Waals surface area contributed by atoms with Gasteiger partial charge in [0.2, 0.25) is 5.91 Å². The maximum atomic E-state index is 10.6. The molecule has 15 heavy (non-hydrogen) atoms. The topological polar surface area (TPSA) is 52.9 Å². The fraction of sp³-hybridized carbons (Fsp3) is 0.167. The van der Waals surface area contributed by atoms with Crippen LogP contribution in [-0.2, 0) is 4.79 Å². The van der Waals surface area contributed by atoms with Gasteiger partial charge < -0.3 is 5.32 Å². The van der Waals surface area contributed by atoms with Gasteiger partial charge in [-0.1, -0.05) is 30.4 Å². The molecular weight excluding hydrogens is 188 g/mol. The Balaban J connectivity index is 2.64. The lowest BCUT2D eigenvalue weighted by Crippen LogP contribution is -2.19. The van der Waals surface area contributed by atoms with Crippen molar-refractivity contribution in [3.05, 3.63) is 41.5 Å². The van der Waals surface area contributed by atoms with Gasteiger partial charge in [0.05, 0.1) is 11.6 Å². The molecule has 1 aromatic rings. The number of carbonyl (C=O) groups excluding carboxylic acids is 1. The van der Waals surface area contributed by atoms with Crippen LogP contribution < -0.4 is 5.32 Å². The van der Waals surface area contributed by atoms with Crippen molar-refractivity contribution < 1.29 is 4.79 Å². The molecule has 0 heterocycles. The highest BCUT2D eigenvalue weighted by molar-refractivity contribution is 5.73. The van der Waals surface area contributed by atoms with Crippen LogP contribution in [0.1, 0.15) is 18.1 Å². The van der Waals surface area contributed by atoms with Crippen LogP contribution in [0.3, 0.4) is 0 Å². The fourth-order valence-corrected chi connectivity index (χ4v) is 1.13. The minimum Gasteiger partial charge on any atom is -0.353 e. The Labute approximate surface area is 89.0 Å². The highest BCUT2D eigenvalue weighted by atomic mass is 16.1. The van der Waals surface area contributed by atoms with Crippen molar-refractivity contribution in [2.45, 2.75) is 6.92 Å². The molecule has 76 valence electrons. The van der Waals surface area contributed by atoms with Crippen molar-refractivity contribution in [2.75, 3.05) is 6.54 Å². The summed E-state index contributed by atoms with van der Waals surface area (Å²) in [6, 6.07) is 9.43. The van der Waals surface area contributed by atoms with E-state index in [0.717, 1.165) is 5.56 Å². The highest BCUT2D eigenvalue weighted by Crippen LogP contribution is 2.08. The van der Waals surface area contributed by atoms with Crippen molar-refractivity contribution in [3.8, 4) is 6.07 Å². The van der Waals surface area contributed by atoms with E-state index in [2.05, 4.69) is 11.4 Å². The lowest BCUT2D eigenvalue weighted by Gasteiger charge is -1.97. The number of nitriles is 1. The molecule has 0 saturated heterocycles. The summed E-state index contributed by atoms with van der Waals surface area (Å²) in [4.78, 5) is 10.6. The molecule has 1 N–H and O–H groups in total. The van der Waals surface area contributed by atoms with Gasteiger partial charge in [-0.3, -0.25) is 4.79 Å². The van der Waals surface area contributed by atoms with E-state index in [1.54, 1.807) is 6.07 Å². The van der Waals surface area contributed by atoms with Crippen molar-refractivity contribution >= 4 is 12.0 Å². The smallest absolute Gasteiger partial charge is 0.217 e. The number of amides is 1. The molecule has 0 aliphatic carbocycles. The normalized spacial score (nSPS) is 9.87. The summed E-state index contributed by atoms with van der Waals surface area (Å²) in [6.45, 7) is 1.95. The van der Waals surface area contributed by atoms with Crippen molar-refractivity contribution in [3.63, 3.8) is 0 Å². The summed E-state index contributed by atoms with van der Waals surface area (Å²) < 4.78 is 0. The summed E-state index contributed by atoms with van der Waals surface area (Å²) in [7, 11) is 0. The second-order valence-electron chi connectivity index (χ2n) is 3.04. The Morgan fingerprint density at radius 2 is 2.27 bits per heavy atom. The van der Waals surface area contributed by atoms with Gasteiger partial charge in [-0.2, -0.15) is 5.26 Å². The zero-order valence-electron chi connectivity index (χ0n) is 8.53. The zero-order valence-corrected chi connectivity index (χ0v) is 8.53. The second-order valence-corrected chi connectivity index (χ2v) is 3.04. The molecule has 0 fully saturated rings. The van der Waals surface area contributed by atoms with Crippen molar-refractivity contribution in [1.29, 1.82) is 5.26 Å². The summed E-state index contributed by atoms with van der Waals surface area (Å²) in [5.41, 5.74) is 1.50. The average Bonchev–Trinajstić information content (AvgIpc) is 2.24. The molecule has 0 spiro atoms. The molecule has 1 rings (SSSR count). The number of nitrogens with one attached hydrogen (secondary N) is 1. The van der Waals surface area contributed by atoms with Crippen LogP contribution >= 0.6 is 0 Å². The highest BCUT2D eigenvalue weighted by Gasteiger charge is 1.94. The maximum Gasteiger partial charge on any atom is 0.217 e. The van der Waals surface area contributed by atoms with Gasteiger partial charge >= 0.3 is 0 Å². The Morgan fingerprint density at radius 3 is 2.93 bits per heavy atom. The standard InChI is InChI=1S/C12H12N2O/c1-10(15)14-8-4-7-11-5-2-3-6-12(11)9-13/h2-7H,8H2,1H3,(H,14,15). The van der Waals surface area contributed by atoms with Crippen LogP contribution in [0, 0.1) is 11.3 Å². The lowest BCUT2D eigenvalue weighted by atomic mass is 10.1. The van der Waals surface area contributed by atoms with Gasteiger partial charge in [0.25, 0.3) is 0 Å². The van der Waals surface area contributed by atoms with Gasteiger partial charge in [0.1, 0.15) is 0 Å². The molecule has 0 atom stereocenters. The Hall–Kier alpha value is -2.08. The van der Waals surface area contributed by atoms with Crippen LogP contribution in [0.4, 0.5) is 0 Å². The zero-order chi connectivity index (χ0) is 11.1. The van der Waals surface area contributed by atoms with E-state index in [-0.39, 0.29) is 5.91 Å². The number of hydrogen-bond acceptors (Lipinski definition) is 2. The summed E-state index contributed by atoms with van der Waals surface area (Å²) in [5.74, 6) is -0.0618. The molecule has 3 heteroatoms. The first-order chi connectivity index (χ1) is 7.24. The van der Waals surface area contributed by atoms with Gasteiger partial charge in [0, 0.05) is 13.5 Å². The Morgan fingerprint density at radius 1 is 1.53 bits per heavy atom. The number of rotatable bonds is 3. The van der Waals surface area contributed by atoms with Gasteiger partial charge in [-0.25, -0.2) is 0 Å². The predicted molar refractivity (Wildman–Crippen MR) is 58.9 cm³/mol. The number of hydrogen-bond donors (Lipinski definition) is 1. The molecule has 0 aliphatic heterocycles. The summed E-state index contributed by atoms with van der Waals surface area (Å²) in [5, 5.41) is 11.5. The first kappa shape index (κ1) is 11.0. The first-order valence-electron chi connectivity index (χ1n) is 4.64. The molecule has 0 saturated carbocycles. The van der Waals surface area contributed by atoms with E-state index in [0.29, 0.717) is 12.1 Å². The minimum atomic E-state index is -0.0618. The van der Waals surface area contributed by atoms with Crippen LogP contribution in [0.5, 0.6) is 0 Å². The predicted octanol–water partition coefficient (Wildman–Crippen LogP) is 1.71. The SMILES string of the molecule is CC(=O)NCC=Cc1ccccc1C#N. The molecule has 0 radical (unpaired) electrons. The van der Waals surface area contributed by atoms with E-state index in [4.69, 9.17) is 5.26 Å². The largest absolute Gasteiger partial charge is 0.353 e. The van der Waals surface area contributed by atoms with E-state index in [9.17, 15) is 4.79 Å². The third-order valence-corrected chi connectivity index (χ3v) is 1.85. The average molecular weight is 200 g/mol. The van der Waals surface area contributed by atoms with Crippen LogP contribution in [-0.4, -0.2) is 12.5 Å². The van der Waals surface area contributed by atoms with Gasteiger partial charge in [0.15, 0.2) is 0 Å². The quantitative estimate of drug-likeness (QED) is 0.807. The molecule has 0 aromatic heterocycles. The lowest BCUT2D eigenvalue weighted by molar-refractivity contribution is -0.118. The molecule has 0 bridgehead atoms. The third kappa shape index (κ3) is 3.65. The molecule has 3 nitrogen and oxygen atoms in total. The van der Waals surface area contributed by atoms with Gasteiger partial charge in [-0.15, -0.1) is 0 Å². The van der Waals surface area contributed by atoms with E-state index in [1.807, 2.05) is 30.4 Å². The molecule has 1 aromatic carbocycles. The monoisotopic (exact) mass is 200 g/mol. The fourth-order valence-electron chi connectivity index (χ4n) is 1.13. The van der Waals surface area contributed by atoms with E-state index in [1.165, 1.54) is 6.92 Å². The summed E-state index contributed by atoms with van der Waals surface area (Å²) >= 11 is 0. The molecule has 1 amide bonds. The van der Waals surface area contributed by atoms with Crippen molar-refractivity contribution in [2.24, 2.45) is 0 Å². The van der Waals surface area contributed by atoms with Gasteiger partial charge in [-0.05, 0) is 11.6 Å². The third-order valence-electron chi connectivity index (χ3n) is 1.85. The number of benzene rings is 1. The Kier molecular flexibility index (Phi) is 4.11. The molecule has 0 unspecified atom stereocenters. The maximum absolute atomic E-state index is 10.6. The van der Waals surface area contributed by atoms with Crippen LogP contribution in [0.15, 0.2) is 30.3 Å². The number of nitrogens with zero attached hydrogens (tertiary/aromatic N) is 1. The van der Waals surface area contributed by atoms with E-state index < -0.39 is 0 Å². The van der Waals surface area contributed by atoms with Crippen LogP contribution in [0.25, 0.3) is 6.08 Å². The van der Waals surface area contributed by atoms with Crippen LogP contribution in [0.2, 0.25) is 0 Å². The summed E-state index contributed by atoms with van der Waals surface area (Å²) in [6.07, 6.45) is 3.64. The number of carbonyl (C=O) groups is 1. The second kappa shape index (κ2) is 5.61. The molecule has 0 aliphatic rings. The van der Waals surface area contributed by atoms with E-state index >= 15 is 0 Å². The Bertz CT molecular complexity index is 416. The first-order valence-corrected chi connectivity index (χ1v) is 4.64. The van der Waals surface area contributed by atoms with Crippen molar-refractivity contribution in [1.82, 2.24) is 5.32 Å². The minimum absolute atomic E-state index is 0.0618.